The van der Waals surface area contributed by atoms with Crippen LogP contribution in [0.4, 0.5) is 8.78 Å². The van der Waals surface area contributed by atoms with Gasteiger partial charge in [-0.15, -0.1) is 0 Å². The van der Waals surface area contributed by atoms with Gasteiger partial charge in [-0.2, -0.15) is 0 Å². The van der Waals surface area contributed by atoms with Gasteiger partial charge in [0.1, 0.15) is 0 Å². The predicted molar refractivity (Wildman–Crippen MR) is 99.0 cm³/mol. The molecule has 0 spiro atoms. The number of amides is 1. The van der Waals surface area contributed by atoms with Crippen molar-refractivity contribution in [3.63, 3.8) is 0 Å². The SMILES string of the molecule is O=C(NC1CCC(NCC(F)F)CC1)c1cnc2nc(C3CC3)ccc2c1. The zero-order valence-corrected chi connectivity index (χ0v) is 15.1. The second-order valence-corrected chi connectivity index (χ2v) is 7.60. The van der Waals surface area contributed by atoms with Gasteiger partial charge in [-0.05, 0) is 56.7 Å². The lowest BCUT2D eigenvalue weighted by Gasteiger charge is -2.29. The molecule has 2 aromatic rings. The molecule has 2 heterocycles. The number of carbonyl (C=O) groups excluding carboxylic acids is 1. The van der Waals surface area contributed by atoms with E-state index in [4.69, 9.17) is 0 Å². The molecule has 5 nitrogen and oxygen atoms in total. The molecule has 2 aromatic heterocycles. The molecule has 0 aliphatic heterocycles. The van der Waals surface area contributed by atoms with E-state index in [9.17, 15) is 13.6 Å². The molecule has 144 valence electrons. The maximum atomic E-state index is 12.6. The Morgan fingerprint density at radius 2 is 1.85 bits per heavy atom. The highest BCUT2D eigenvalue weighted by Crippen LogP contribution is 2.39. The molecule has 2 N–H and O–H groups in total. The van der Waals surface area contributed by atoms with Gasteiger partial charge in [0.25, 0.3) is 12.3 Å². The van der Waals surface area contributed by atoms with Crippen LogP contribution in [0.15, 0.2) is 24.4 Å². The number of rotatable bonds is 6. The molecule has 2 aliphatic rings. The summed E-state index contributed by atoms with van der Waals surface area (Å²) in [5.74, 6) is 0.434. The first kappa shape index (κ1) is 18.2. The summed E-state index contributed by atoms with van der Waals surface area (Å²) in [6, 6.07) is 6.03. The predicted octanol–water partition coefficient (Wildman–Crippen LogP) is 3.40. The van der Waals surface area contributed by atoms with Crippen LogP contribution in [0.25, 0.3) is 11.0 Å². The van der Waals surface area contributed by atoms with Crippen LogP contribution >= 0.6 is 0 Å². The van der Waals surface area contributed by atoms with Crippen molar-refractivity contribution >= 4 is 16.9 Å². The molecule has 0 saturated heterocycles. The molecule has 1 amide bonds. The quantitative estimate of drug-likeness (QED) is 0.813. The van der Waals surface area contributed by atoms with Crippen molar-refractivity contribution in [1.29, 1.82) is 0 Å². The van der Waals surface area contributed by atoms with E-state index < -0.39 is 6.43 Å². The van der Waals surface area contributed by atoms with E-state index in [1.54, 1.807) is 6.20 Å². The molecule has 0 radical (unpaired) electrons. The highest BCUT2D eigenvalue weighted by atomic mass is 19.3. The summed E-state index contributed by atoms with van der Waals surface area (Å²) in [6.45, 7) is -0.263. The Labute approximate surface area is 157 Å². The van der Waals surface area contributed by atoms with Crippen molar-refractivity contribution in [3.8, 4) is 0 Å². The van der Waals surface area contributed by atoms with E-state index in [1.165, 1.54) is 12.8 Å². The zero-order valence-electron chi connectivity index (χ0n) is 15.1. The summed E-state index contributed by atoms with van der Waals surface area (Å²) >= 11 is 0. The maximum Gasteiger partial charge on any atom is 0.253 e. The van der Waals surface area contributed by atoms with E-state index >= 15 is 0 Å². The summed E-state index contributed by atoms with van der Waals surface area (Å²) in [5, 5.41) is 6.80. The Hall–Kier alpha value is -2.15. The van der Waals surface area contributed by atoms with Crippen LogP contribution in [0.5, 0.6) is 0 Å². The third-order valence-corrected chi connectivity index (χ3v) is 5.44. The van der Waals surface area contributed by atoms with Crippen molar-refractivity contribution in [3.05, 3.63) is 35.7 Å². The monoisotopic (exact) mass is 374 g/mol. The number of carbonyl (C=O) groups is 1. The maximum absolute atomic E-state index is 12.6. The average Bonchev–Trinajstić information content (AvgIpc) is 3.52. The summed E-state index contributed by atoms with van der Waals surface area (Å²) < 4.78 is 24.5. The molecule has 0 bridgehead atoms. The van der Waals surface area contributed by atoms with Crippen molar-refractivity contribution in [1.82, 2.24) is 20.6 Å². The van der Waals surface area contributed by atoms with Gasteiger partial charge in [-0.3, -0.25) is 4.79 Å². The van der Waals surface area contributed by atoms with Gasteiger partial charge in [0.15, 0.2) is 5.65 Å². The molecule has 27 heavy (non-hydrogen) atoms. The van der Waals surface area contributed by atoms with Crippen LogP contribution in [0, 0.1) is 0 Å². The second kappa shape index (κ2) is 7.84. The Morgan fingerprint density at radius 1 is 1.11 bits per heavy atom. The topological polar surface area (TPSA) is 66.9 Å². The first-order valence-electron chi connectivity index (χ1n) is 9.67. The van der Waals surface area contributed by atoms with E-state index in [0.29, 0.717) is 17.1 Å². The van der Waals surface area contributed by atoms with E-state index in [1.807, 2.05) is 18.2 Å². The van der Waals surface area contributed by atoms with Crippen LogP contribution in [-0.4, -0.2) is 40.9 Å². The lowest BCUT2D eigenvalue weighted by Crippen LogP contribution is -2.43. The number of pyridine rings is 2. The molecule has 2 fully saturated rings. The van der Waals surface area contributed by atoms with E-state index in [-0.39, 0.29) is 24.5 Å². The fraction of sp³-hybridized carbons (Fsp3) is 0.550. The Balaban J connectivity index is 1.33. The summed E-state index contributed by atoms with van der Waals surface area (Å²) in [6.07, 6.45) is 4.82. The summed E-state index contributed by atoms with van der Waals surface area (Å²) in [5.41, 5.74) is 2.30. The van der Waals surface area contributed by atoms with Crippen molar-refractivity contribution in [2.45, 2.75) is 63.0 Å². The highest BCUT2D eigenvalue weighted by molar-refractivity contribution is 5.97. The first-order chi connectivity index (χ1) is 13.1. The number of hydrogen-bond acceptors (Lipinski definition) is 4. The molecule has 0 atom stereocenters. The second-order valence-electron chi connectivity index (χ2n) is 7.60. The number of hydrogen-bond donors (Lipinski definition) is 2. The van der Waals surface area contributed by atoms with Gasteiger partial charge in [-0.25, -0.2) is 18.7 Å². The van der Waals surface area contributed by atoms with Crippen molar-refractivity contribution in [2.24, 2.45) is 0 Å². The molecule has 2 saturated carbocycles. The first-order valence-corrected chi connectivity index (χ1v) is 9.67. The summed E-state index contributed by atoms with van der Waals surface area (Å²) in [4.78, 5) is 21.5. The van der Waals surface area contributed by atoms with Crippen molar-refractivity contribution in [2.75, 3.05) is 6.54 Å². The van der Waals surface area contributed by atoms with Crippen molar-refractivity contribution < 1.29 is 13.6 Å². The van der Waals surface area contributed by atoms with Crippen LogP contribution in [-0.2, 0) is 0 Å². The lowest BCUT2D eigenvalue weighted by molar-refractivity contribution is 0.0922. The Kier molecular flexibility index (Phi) is 5.29. The lowest BCUT2D eigenvalue weighted by atomic mass is 9.91. The van der Waals surface area contributed by atoms with Gasteiger partial charge in [0, 0.05) is 35.3 Å². The Morgan fingerprint density at radius 3 is 2.56 bits per heavy atom. The van der Waals surface area contributed by atoms with Crippen LogP contribution in [0.2, 0.25) is 0 Å². The molecule has 0 unspecified atom stereocenters. The molecule has 7 heteroatoms. The minimum absolute atomic E-state index is 0.0770. The average molecular weight is 374 g/mol. The molecular weight excluding hydrogens is 350 g/mol. The fourth-order valence-electron chi connectivity index (χ4n) is 3.72. The fourth-order valence-corrected chi connectivity index (χ4v) is 3.72. The highest BCUT2D eigenvalue weighted by Gasteiger charge is 2.26. The van der Waals surface area contributed by atoms with E-state index in [0.717, 1.165) is 36.8 Å². The van der Waals surface area contributed by atoms with Crippen LogP contribution < -0.4 is 10.6 Å². The largest absolute Gasteiger partial charge is 0.349 e. The smallest absolute Gasteiger partial charge is 0.253 e. The standard InChI is InChI=1S/C20H24F2N4O/c21-18(22)11-23-15-4-6-16(7-5-15)25-20(27)14-9-13-3-8-17(12-1-2-12)26-19(13)24-10-14/h3,8-10,12,15-16,18,23H,1-2,4-7,11H2,(H,25,27). The molecular formula is C20H24F2N4O. The number of alkyl halides is 2. The van der Waals surface area contributed by atoms with Crippen LogP contribution in [0.3, 0.4) is 0 Å². The molecule has 2 aliphatic carbocycles. The normalized spacial score (nSPS) is 22.9. The molecule has 0 aromatic carbocycles. The zero-order chi connectivity index (χ0) is 18.8. The Bertz CT molecular complexity index is 817. The van der Waals surface area contributed by atoms with Gasteiger partial charge in [0.05, 0.1) is 12.1 Å². The number of fused-ring (bicyclic) bond motifs is 1. The van der Waals surface area contributed by atoms with Crippen LogP contribution in [0.1, 0.15) is 60.5 Å². The van der Waals surface area contributed by atoms with Gasteiger partial charge in [-0.1, -0.05) is 0 Å². The third-order valence-electron chi connectivity index (χ3n) is 5.44. The molecule has 4 rings (SSSR count). The number of halogens is 2. The summed E-state index contributed by atoms with van der Waals surface area (Å²) in [7, 11) is 0. The third kappa shape index (κ3) is 4.58. The van der Waals surface area contributed by atoms with Gasteiger partial charge >= 0.3 is 0 Å². The number of nitrogens with zero attached hydrogens (tertiary/aromatic N) is 2. The number of nitrogens with one attached hydrogen (secondary N) is 2. The number of aromatic nitrogens is 2. The minimum atomic E-state index is -2.32. The van der Waals surface area contributed by atoms with Gasteiger partial charge < -0.3 is 10.6 Å². The minimum Gasteiger partial charge on any atom is -0.349 e. The van der Waals surface area contributed by atoms with E-state index in [2.05, 4.69) is 20.6 Å². The van der Waals surface area contributed by atoms with Gasteiger partial charge in [0.2, 0.25) is 0 Å².